The lowest BCUT2D eigenvalue weighted by molar-refractivity contribution is -0.660. The van der Waals surface area contributed by atoms with Gasteiger partial charge in [-0.2, -0.15) is 0 Å². The molecule has 0 atom stereocenters. The third-order valence-corrected chi connectivity index (χ3v) is 22.4. The molecule has 4 nitrogen and oxygen atoms in total. The number of aromatic nitrogens is 4. The summed E-state index contributed by atoms with van der Waals surface area (Å²) in [6, 6.07) is 69.6. The Kier molecular flexibility index (Phi) is 23.5. The summed E-state index contributed by atoms with van der Waals surface area (Å²) in [5.41, 5.74) is 44.2. The van der Waals surface area contributed by atoms with Crippen LogP contribution in [0.1, 0.15) is 164 Å². The molecule has 2 aliphatic rings. The molecule has 0 N–H and O–H groups in total. The van der Waals surface area contributed by atoms with E-state index in [-0.39, 0.29) is 0 Å². The molecule has 4 heteroatoms. The first-order valence-corrected chi connectivity index (χ1v) is 37.6. The average Bonchev–Trinajstić information content (AvgIpc) is 0.896. The molecule has 0 saturated heterocycles. The van der Waals surface area contributed by atoms with Crippen molar-refractivity contribution < 1.29 is 18.3 Å². The van der Waals surface area contributed by atoms with E-state index in [2.05, 4.69) is 363 Å². The third-order valence-electron chi connectivity index (χ3n) is 22.4. The Hall–Kier alpha value is -9.64. The van der Waals surface area contributed by atoms with Gasteiger partial charge in [0.25, 0.3) is 0 Å². The second-order valence-corrected chi connectivity index (χ2v) is 30.3. The highest BCUT2D eigenvalue weighted by molar-refractivity contribution is 5.81. The molecule has 0 aliphatic heterocycles. The monoisotopic (exact) mass is 1340 g/mol. The Labute approximate surface area is 613 Å². The number of benzene rings is 8. The van der Waals surface area contributed by atoms with Crippen molar-refractivity contribution in [3.05, 3.63) is 307 Å². The molecule has 4 aromatic heterocycles. The van der Waals surface area contributed by atoms with Gasteiger partial charge in [0, 0.05) is 69.3 Å². The molecule has 0 amide bonds. The van der Waals surface area contributed by atoms with Crippen molar-refractivity contribution in [2.45, 2.75) is 173 Å². The Balaban J connectivity index is 0.000000137. The summed E-state index contributed by atoms with van der Waals surface area (Å²) in [4.78, 5) is 0. The van der Waals surface area contributed by atoms with Crippen molar-refractivity contribution >= 4 is 0 Å². The van der Waals surface area contributed by atoms with Crippen molar-refractivity contribution in [1.82, 2.24) is 0 Å². The number of nitrogens with zero attached hydrogens (tertiary/aromatic N) is 4. The molecule has 2 fully saturated rings. The Morgan fingerprint density at radius 3 is 1.10 bits per heavy atom. The maximum absolute atomic E-state index is 2.47. The minimum atomic E-state index is 0.732. The van der Waals surface area contributed by atoms with Crippen LogP contribution in [0.5, 0.6) is 0 Å². The minimum absolute atomic E-state index is 0.732. The zero-order valence-electron chi connectivity index (χ0n) is 65.0. The molecule has 8 aromatic carbocycles. The van der Waals surface area contributed by atoms with Crippen molar-refractivity contribution in [2.24, 2.45) is 28.2 Å². The Bertz CT molecular complexity index is 5020. The first-order chi connectivity index (χ1) is 48.9. The maximum Gasteiger partial charge on any atom is 0.212 e. The fourth-order valence-corrected chi connectivity index (χ4v) is 16.3. The van der Waals surface area contributed by atoms with Crippen LogP contribution >= 0.6 is 0 Å². The lowest BCUT2D eigenvalue weighted by Gasteiger charge is -2.22. The highest BCUT2D eigenvalue weighted by Crippen LogP contribution is 2.41. The largest absolute Gasteiger partial charge is 0.212 e. The van der Waals surface area contributed by atoms with E-state index in [1.54, 1.807) is 5.56 Å². The van der Waals surface area contributed by atoms with Crippen LogP contribution in [-0.4, -0.2) is 0 Å². The molecular formula is C98H112N4+4. The SMILES string of the molecule is Cc1cc(-c2cc(-c3ccccc3C)c(C)cc2C)[n+](C)cc1C.Cc1ccc(-c2cc(-c3ccccc3C)c(C)cc2C)[n+](C)c1.Cc1ccccc1-c1cc(-c2cc(C3CCCCC3)cc[n+]2C)c(C)cc1C.Cc1ccccc1-c1ccc(C)c(-c2cc(C3CCCC3)c(C)c[n+]2C)c1. The van der Waals surface area contributed by atoms with Gasteiger partial charge in [-0.3, -0.25) is 0 Å². The van der Waals surface area contributed by atoms with Gasteiger partial charge in [0.05, 0.1) is 0 Å². The van der Waals surface area contributed by atoms with Gasteiger partial charge in [0.1, 0.15) is 28.2 Å². The van der Waals surface area contributed by atoms with E-state index in [0.29, 0.717) is 0 Å². The summed E-state index contributed by atoms with van der Waals surface area (Å²) in [6.45, 7) is 33.0. The Morgan fingerprint density at radius 1 is 0.235 bits per heavy atom. The predicted octanol–water partition coefficient (Wildman–Crippen LogP) is 23.7. The number of hydrogen-bond donors (Lipinski definition) is 0. The molecule has 102 heavy (non-hydrogen) atoms. The van der Waals surface area contributed by atoms with Crippen LogP contribution in [0.4, 0.5) is 0 Å². The average molecular weight is 1350 g/mol. The van der Waals surface area contributed by atoms with Gasteiger partial charge in [0.2, 0.25) is 22.8 Å². The van der Waals surface area contributed by atoms with Crippen LogP contribution < -0.4 is 18.3 Å². The van der Waals surface area contributed by atoms with Gasteiger partial charge in [-0.25, -0.2) is 18.3 Å². The van der Waals surface area contributed by atoms with Crippen LogP contribution in [0.3, 0.4) is 0 Å². The van der Waals surface area contributed by atoms with E-state index >= 15 is 0 Å². The second-order valence-electron chi connectivity index (χ2n) is 30.3. The summed E-state index contributed by atoms with van der Waals surface area (Å²) >= 11 is 0. The Morgan fingerprint density at radius 2 is 0.618 bits per heavy atom. The quantitative estimate of drug-likeness (QED) is 0.121. The predicted molar refractivity (Wildman–Crippen MR) is 432 cm³/mol. The number of aryl methyl sites for hydroxylation is 19. The number of pyridine rings is 4. The number of rotatable bonds is 10. The molecule has 0 bridgehead atoms. The van der Waals surface area contributed by atoms with Crippen molar-refractivity contribution in [3.8, 4) is 89.5 Å². The zero-order valence-corrected chi connectivity index (χ0v) is 65.0. The lowest BCUT2D eigenvalue weighted by Crippen LogP contribution is -2.32. The van der Waals surface area contributed by atoms with Gasteiger partial charge in [-0.15, -0.1) is 0 Å². The van der Waals surface area contributed by atoms with E-state index in [1.165, 1.54) is 236 Å². The van der Waals surface area contributed by atoms with E-state index in [4.69, 9.17) is 0 Å². The number of hydrogen-bond acceptors (Lipinski definition) is 0. The van der Waals surface area contributed by atoms with Crippen LogP contribution in [0.2, 0.25) is 0 Å². The first-order valence-electron chi connectivity index (χ1n) is 37.6. The third kappa shape index (κ3) is 16.6. The first kappa shape index (κ1) is 73.6. The smallest absolute Gasteiger partial charge is 0.201 e. The van der Waals surface area contributed by atoms with Gasteiger partial charge in [0.15, 0.2) is 24.8 Å². The second kappa shape index (κ2) is 32.6. The summed E-state index contributed by atoms with van der Waals surface area (Å²) in [7, 11) is 8.61. The summed E-state index contributed by atoms with van der Waals surface area (Å²) < 4.78 is 9.04. The molecule has 0 spiro atoms. The van der Waals surface area contributed by atoms with E-state index < -0.39 is 0 Å². The molecule has 2 aliphatic carbocycles. The normalized spacial score (nSPS) is 13.0. The van der Waals surface area contributed by atoms with Crippen molar-refractivity contribution in [3.63, 3.8) is 0 Å². The highest BCUT2D eigenvalue weighted by Gasteiger charge is 2.26. The maximum atomic E-state index is 2.47. The molecule has 0 unspecified atom stereocenters. The van der Waals surface area contributed by atoms with E-state index in [1.807, 2.05) is 0 Å². The fraction of sp³-hybridized carbons (Fsp3) is 0.306. The molecule has 4 heterocycles. The molecule has 12 aromatic rings. The fourth-order valence-electron chi connectivity index (χ4n) is 16.3. The molecule has 0 radical (unpaired) electrons. The molecule has 2 saturated carbocycles. The summed E-state index contributed by atoms with van der Waals surface area (Å²) in [5.74, 6) is 1.47. The topological polar surface area (TPSA) is 15.5 Å². The van der Waals surface area contributed by atoms with E-state index in [0.717, 1.165) is 11.8 Å². The summed E-state index contributed by atoms with van der Waals surface area (Å²) in [5, 5.41) is 0. The standard InChI is InChI=1S/C27H32N.C26H30N.C23H26N.C22H24N/c1-19-10-8-9-13-24(19)25-18-26(21(3)16-20(25)2)27-17-23(14-15-28(27)4)22-11-6-5-7-12-22;1-18-9-5-8-12-23(18)22-14-13-19(2)25(15-22)26-16-24(20(3)17-27(26)4)21-10-6-7-11-21;1-15-9-7-8-10-20(15)21-13-22(18(4)11-17(21)3)23-12-16(2)19(5)14-24(23)6;1-15-10-11-22(23(5)14-15)21-13-20(17(3)12-18(21)4)19-9-7-6-8-16(19)2/h8-10,13-18,22H,5-7,11-12H2,1-4H3;5,8-9,12-17,21H,6-7,10-11H2,1-4H3;7-14H,1-6H3;6-14H,1-5H3/q4*+1. The van der Waals surface area contributed by atoms with Crippen LogP contribution in [-0.2, 0) is 28.2 Å². The summed E-state index contributed by atoms with van der Waals surface area (Å²) in [6.07, 6.45) is 21.3. The molecule has 14 rings (SSSR count). The van der Waals surface area contributed by atoms with Crippen LogP contribution in [0.25, 0.3) is 89.5 Å². The lowest BCUT2D eigenvalue weighted by atomic mass is 9.83. The van der Waals surface area contributed by atoms with Gasteiger partial charge in [-0.05, 0) is 294 Å². The van der Waals surface area contributed by atoms with Crippen molar-refractivity contribution in [1.29, 1.82) is 0 Å². The van der Waals surface area contributed by atoms with Gasteiger partial charge in [-0.1, -0.05) is 159 Å². The van der Waals surface area contributed by atoms with Crippen molar-refractivity contribution in [2.75, 3.05) is 0 Å². The zero-order chi connectivity index (χ0) is 72.6. The van der Waals surface area contributed by atoms with Gasteiger partial charge < -0.3 is 0 Å². The van der Waals surface area contributed by atoms with E-state index in [9.17, 15) is 0 Å². The van der Waals surface area contributed by atoms with Gasteiger partial charge >= 0.3 is 0 Å². The molecular weight excluding hydrogens is 1230 g/mol. The highest BCUT2D eigenvalue weighted by atomic mass is 14.9. The molecule has 520 valence electrons. The minimum Gasteiger partial charge on any atom is -0.201 e. The van der Waals surface area contributed by atoms with Crippen LogP contribution in [0.15, 0.2) is 213 Å². The van der Waals surface area contributed by atoms with Crippen LogP contribution in [0, 0.1) is 104 Å².